The number of halogens is 1. The van der Waals surface area contributed by atoms with E-state index in [-0.39, 0.29) is 11.8 Å². The Morgan fingerprint density at radius 1 is 1.10 bits per heavy atom. The maximum Gasteiger partial charge on any atom is 0.267 e. The third kappa shape index (κ3) is 4.88. The highest BCUT2D eigenvalue weighted by molar-refractivity contribution is 9.10. The van der Waals surface area contributed by atoms with E-state index in [0.717, 1.165) is 10.2 Å². The van der Waals surface area contributed by atoms with Gasteiger partial charge in [-0.2, -0.15) is 0 Å². The second-order valence-corrected chi connectivity index (χ2v) is 7.97. The topological polar surface area (TPSA) is 67.9 Å². The number of nitrogens with zero attached hydrogens (tertiary/aromatic N) is 1. The first kappa shape index (κ1) is 20.9. The van der Waals surface area contributed by atoms with Gasteiger partial charge in [0.1, 0.15) is 18.1 Å². The maximum atomic E-state index is 12.8. The molecule has 0 radical (unpaired) electrons. The number of rotatable bonds is 6. The molecular formula is C24H21BrN2O4. The number of carbonyl (C=O) groups is 2. The van der Waals surface area contributed by atoms with Crippen LogP contribution in [-0.4, -0.2) is 31.1 Å². The molecule has 0 bridgehead atoms. The van der Waals surface area contributed by atoms with Crippen molar-refractivity contribution in [2.45, 2.75) is 13.0 Å². The van der Waals surface area contributed by atoms with Gasteiger partial charge in [0.25, 0.3) is 11.8 Å². The Hall–Kier alpha value is -3.32. The van der Waals surface area contributed by atoms with Crippen LogP contribution in [-0.2, 0) is 4.79 Å². The first-order chi connectivity index (χ1) is 15.0. The molecule has 3 aromatic rings. The average molecular weight is 481 g/mol. The van der Waals surface area contributed by atoms with Crippen LogP contribution in [0.1, 0.15) is 17.3 Å². The summed E-state index contributed by atoms with van der Waals surface area (Å²) in [4.78, 5) is 27.0. The number of ether oxygens (including phenoxy) is 2. The Labute approximate surface area is 188 Å². The van der Waals surface area contributed by atoms with Gasteiger partial charge in [0.05, 0.1) is 12.2 Å². The second-order valence-electron chi connectivity index (χ2n) is 7.06. The van der Waals surface area contributed by atoms with Crippen LogP contribution in [0.2, 0.25) is 0 Å². The highest BCUT2D eigenvalue weighted by atomic mass is 79.9. The van der Waals surface area contributed by atoms with E-state index in [1.54, 1.807) is 48.2 Å². The van der Waals surface area contributed by atoms with Gasteiger partial charge in [-0.15, -0.1) is 0 Å². The number of carbonyl (C=O) groups excluding carboxylic acids is 2. The number of hydrogen-bond acceptors (Lipinski definition) is 4. The fraction of sp³-hybridized carbons (Fsp3) is 0.167. The van der Waals surface area contributed by atoms with E-state index in [1.807, 2.05) is 36.4 Å². The van der Waals surface area contributed by atoms with Crippen LogP contribution in [0.25, 0.3) is 0 Å². The molecule has 3 aromatic carbocycles. The predicted octanol–water partition coefficient (Wildman–Crippen LogP) is 4.89. The standard InChI is InChI=1S/C24H21BrN2O4/c1-16-24(29)27(12-13-30-20-8-3-2-4-9-20)21-15-19(10-11-22(21)31-16)26-23(28)17-6-5-7-18(25)14-17/h2-11,14-16H,12-13H2,1H3,(H,26,28). The number of para-hydroxylation sites is 1. The Morgan fingerprint density at radius 2 is 1.90 bits per heavy atom. The number of hydrogen-bond donors (Lipinski definition) is 1. The van der Waals surface area contributed by atoms with Crippen molar-refractivity contribution in [2.24, 2.45) is 0 Å². The summed E-state index contributed by atoms with van der Waals surface area (Å²) in [5.74, 6) is 0.940. The van der Waals surface area contributed by atoms with Gasteiger partial charge in [0.2, 0.25) is 0 Å². The molecule has 0 aliphatic carbocycles. The third-order valence-corrected chi connectivity index (χ3v) is 5.33. The Balaban J connectivity index is 1.52. The Bertz CT molecular complexity index is 1100. The first-order valence-electron chi connectivity index (χ1n) is 9.88. The molecule has 0 saturated carbocycles. The lowest BCUT2D eigenvalue weighted by atomic mass is 10.1. The summed E-state index contributed by atoms with van der Waals surface area (Å²) < 4.78 is 12.3. The molecule has 1 aliphatic rings. The molecule has 1 heterocycles. The van der Waals surface area contributed by atoms with Crippen molar-refractivity contribution >= 4 is 39.1 Å². The van der Waals surface area contributed by atoms with Crippen molar-refractivity contribution in [3.8, 4) is 11.5 Å². The quantitative estimate of drug-likeness (QED) is 0.544. The fourth-order valence-electron chi connectivity index (χ4n) is 3.32. The summed E-state index contributed by atoms with van der Waals surface area (Å²) in [5, 5.41) is 2.88. The number of anilines is 2. The summed E-state index contributed by atoms with van der Waals surface area (Å²) in [6.07, 6.45) is -0.591. The number of fused-ring (bicyclic) bond motifs is 1. The molecule has 0 aromatic heterocycles. The molecule has 1 N–H and O–H groups in total. The average Bonchev–Trinajstić information content (AvgIpc) is 2.77. The maximum absolute atomic E-state index is 12.8. The Morgan fingerprint density at radius 3 is 2.68 bits per heavy atom. The van der Waals surface area contributed by atoms with Crippen molar-refractivity contribution in [1.29, 1.82) is 0 Å². The molecule has 1 atom stereocenters. The van der Waals surface area contributed by atoms with Crippen molar-refractivity contribution in [3.63, 3.8) is 0 Å². The van der Waals surface area contributed by atoms with Crippen molar-refractivity contribution in [3.05, 3.63) is 82.8 Å². The van der Waals surface area contributed by atoms with E-state index in [2.05, 4.69) is 21.2 Å². The van der Waals surface area contributed by atoms with Gasteiger partial charge in [-0.1, -0.05) is 40.2 Å². The van der Waals surface area contributed by atoms with Crippen LogP contribution < -0.4 is 19.7 Å². The molecule has 4 rings (SSSR count). The zero-order valence-corrected chi connectivity index (χ0v) is 18.5. The summed E-state index contributed by atoms with van der Waals surface area (Å²) in [6.45, 7) is 2.41. The number of nitrogens with one attached hydrogen (secondary N) is 1. The molecule has 31 heavy (non-hydrogen) atoms. The Kier molecular flexibility index (Phi) is 6.23. The lowest BCUT2D eigenvalue weighted by Gasteiger charge is -2.33. The third-order valence-electron chi connectivity index (χ3n) is 4.84. The zero-order valence-electron chi connectivity index (χ0n) is 16.9. The van der Waals surface area contributed by atoms with Crippen molar-refractivity contribution < 1.29 is 19.1 Å². The van der Waals surface area contributed by atoms with Gasteiger partial charge in [0, 0.05) is 15.7 Å². The monoisotopic (exact) mass is 480 g/mol. The number of amides is 2. The zero-order chi connectivity index (χ0) is 21.8. The predicted molar refractivity (Wildman–Crippen MR) is 123 cm³/mol. The van der Waals surface area contributed by atoms with Crippen molar-refractivity contribution in [2.75, 3.05) is 23.4 Å². The molecule has 2 amide bonds. The first-order valence-corrected chi connectivity index (χ1v) is 10.7. The second kappa shape index (κ2) is 9.22. The smallest absolute Gasteiger partial charge is 0.267 e. The molecule has 1 aliphatic heterocycles. The summed E-state index contributed by atoms with van der Waals surface area (Å²) in [7, 11) is 0. The minimum absolute atomic E-state index is 0.153. The molecule has 7 heteroatoms. The molecule has 6 nitrogen and oxygen atoms in total. The van der Waals surface area contributed by atoms with Gasteiger partial charge in [-0.3, -0.25) is 9.59 Å². The normalized spacial score (nSPS) is 15.1. The largest absolute Gasteiger partial charge is 0.492 e. The van der Waals surface area contributed by atoms with Crippen LogP contribution in [0, 0.1) is 0 Å². The summed E-state index contributed by atoms with van der Waals surface area (Å²) in [6, 6.07) is 21.9. The fourth-order valence-corrected chi connectivity index (χ4v) is 3.72. The van der Waals surface area contributed by atoms with Crippen molar-refractivity contribution in [1.82, 2.24) is 0 Å². The molecule has 0 saturated heterocycles. The lowest BCUT2D eigenvalue weighted by molar-refractivity contribution is -0.125. The molecule has 158 valence electrons. The van der Waals surface area contributed by atoms with Gasteiger partial charge in [-0.25, -0.2) is 0 Å². The molecule has 0 fully saturated rings. The SMILES string of the molecule is CC1Oc2ccc(NC(=O)c3cccc(Br)c3)cc2N(CCOc2ccccc2)C1=O. The van der Waals surface area contributed by atoms with Gasteiger partial charge in [0.15, 0.2) is 6.10 Å². The molecular weight excluding hydrogens is 460 g/mol. The van der Waals surface area contributed by atoms with Gasteiger partial charge < -0.3 is 19.7 Å². The summed E-state index contributed by atoms with van der Waals surface area (Å²) >= 11 is 3.37. The van der Waals surface area contributed by atoms with Gasteiger partial charge in [-0.05, 0) is 55.5 Å². The van der Waals surface area contributed by atoms with E-state index < -0.39 is 6.10 Å². The minimum Gasteiger partial charge on any atom is -0.492 e. The van der Waals surface area contributed by atoms with E-state index in [9.17, 15) is 9.59 Å². The van der Waals surface area contributed by atoms with Crippen LogP contribution >= 0.6 is 15.9 Å². The molecule has 0 spiro atoms. The van der Waals surface area contributed by atoms with E-state index >= 15 is 0 Å². The van der Waals surface area contributed by atoms with E-state index in [0.29, 0.717) is 35.8 Å². The highest BCUT2D eigenvalue weighted by Crippen LogP contribution is 2.36. The van der Waals surface area contributed by atoms with Crippen LogP contribution in [0.5, 0.6) is 11.5 Å². The van der Waals surface area contributed by atoms with E-state index in [1.165, 1.54) is 0 Å². The van der Waals surface area contributed by atoms with E-state index in [4.69, 9.17) is 9.47 Å². The molecule has 1 unspecified atom stereocenters. The number of benzene rings is 3. The minimum atomic E-state index is -0.591. The summed E-state index contributed by atoms with van der Waals surface area (Å²) in [5.41, 5.74) is 1.71. The van der Waals surface area contributed by atoms with Crippen LogP contribution in [0.3, 0.4) is 0 Å². The highest BCUT2D eigenvalue weighted by Gasteiger charge is 2.31. The van der Waals surface area contributed by atoms with Gasteiger partial charge >= 0.3 is 0 Å². The van der Waals surface area contributed by atoms with Crippen LogP contribution in [0.15, 0.2) is 77.3 Å². The lowest BCUT2D eigenvalue weighted by Crippen LogP contribution is -2.46. The van der Waals surface area contributed by atoms with Crippen LogP contribution in [0.4, 0.5) is 11.4 Å².